The molecule has 0 spiro atoms. The fraction of sp³-hybridized carbons (Fsp3) is 0.357. The average Bonchev–Trinajstić information content (AvgIpc) is 2.16. The molecule has 0 atom stereocenters. The fourth-order valence-electron chi connectivity index (χ4n) is 0.945. The quantitative estimate of drug-likeness (QED) is 0.485. The molecule has 101 valence electrons. The number of aliphatic carboxylic acids is 1. The van der Waals surface area contributed by atoms with Crippen LogP contribution in [0.3, 0.4) is 0 Å². The Morgan fingerprint density at radius 1 is 1.33 bits per heavy atom. The average molecular weight is 335 g/mol. The molecule has 1 aromatic rings. The molecule has 0 bridgehead atoms. The first-order valence-electron chi connectivity index (χ1n) is 4.98. The van der Waals surface area contributed by atoms with E-state index in [4.69, 9.17) is 9.90 Å². The van der Waals surface area contributed by atoms with Crippen LogP contribution in [-0.4, -0.2) is 16.8 Å². The second-order valence-electron chi connectivity index (χ2n) is 4.39. The van der Waals surface area contributed by atoms with E-state index in [2.05, 4.69) is 6.07 Å². The molecule has 0 amide bonds. The molecule has 1 radical (unpaired) electrons. The van der Waals surface area contributed by atoms with Crippen LogP contribution in [0.4, 0.5) is 0 Å². The summed E-state index contributed by atoms with van der Waals surface area (Å²) in [6.45, 7) is 7.01. The number of carboxylic acid groups (broad SMARTS) is 1. The van der Waals surface area contributed by atoms with Gasteiger partial charge in [0.1, 0.15) is 0 Å². The summed E-state index contributed by atoms with van der Waals surface area (Å²) in [4.78, 5) is 9.00. The second-order valence-corrected chi connectivity index (χ2v) is 4.39. The zero-order chi connectivity index (χ0) is 12.8. The molecule has 3 nitrogen and oxygen atoms in total. The van der Waals surface area contributed by atoms with Crippen LogP contribution in [0.25, 0.3) is 5.41 Å². The van der Waals surface area contributed by atoms with Gasteiger partial charge in [-0.25, -0.2) is 0 Å². The monoisotopic (exact) mass is 336 g/mol. The maximum Gasteiger partial charge on any atom is 3.00 e. The topological polar surface area (TPSA) is 59.6 Å². The van der Waals surface area contributed by atoms with E-state index in [9.17, 15) is 5.41 Å². The van der Waals surface area contributed by atoms with E-state index in [1.54, 1.807) is 6.07 Å². The molecule has 0 aliphatic rings. The Balaban J connectivity index is -0.000000332. The van der Waals surface area contributed by atoms with Crippen molar-refractivity contribution in [1.29, 1.82) is 0 Å². The van der Waals surface area contributed by atoms with Crippen molar-refractivity contribution in [3.63, 3.8) is 0 Å². The molecule has 0 saturated carbocycles. The van der Waals surface area contributed by atoms with Gasteiger partial charge in [-0.1, -0.05) is 26.2 Å². The Bertz CT molecular complexity index is 352. The molecule has 1 rings (SSSR count). The van der Waals surface area contributed by atoms with Gasteiger partial charge in [0.25, 0.3) is 5.97 Å². The summed E-state index contributed by atoms with van der Waals surface area (Å²) in [7, 11) is 0. The van der Waals surface area contributed by atoms with E-state index >= 15 is 0 Å². The molecule has 0 aliphatic carbocycles. The zero-order valence-corrected chi connectivity index (χ0v) is 13.2. The zero-order valence-electron chi connectivity index (χ0n) is 11.5. The maximum absolute atomic E-state index is 9.74. The molecular weight excluding hydrogens is 315 g/mol. The third-order valence-corrected chi connectivity index (χ3v) is 1.67. The van der Waals surface area contributed by atoms with Crippen LogP contribution in [0, 0.1) is 18.9 Å². The summed E-state index contributed by atoms with van der Waals surface area (Å²) >= 11 is 0. The van der Waals surface area contributed by atoms with Crippen LogP contribution in [0.2, 0.25) is 0 Å². The first-order chi connectivity index (χ1) is 7.25. The largest absolute Gasteiger partial charge is 3.00 e. The molecule has 4 heteroatoms. The maximum atomic E-state index is 9.74. The smallest absolute Gasteiger partial charge is 0.858 e. The Labute approximate surface area is 123 Å². The summed E-state index contributed by atoms with van der Waals surface area (Å²) < 4.78 is 0. The van der Waals surface area contributed by atoms with Gasteiger partial charge < -0.3 is 17.9 Å². The van der Waals surface area contributed by atoms with Gasteiger partial charge in [0.15, 0.2) is 0 Å². The minimum absolute atomic E-state index is 0. The summed E-state index contributed by atoms with van der Waals surface area (Å²) in [6.07, 6.45) is 0. The van der Waals surface area contributed by atoms with Crippen molar-refractivity contribution in [3.05, 3.63) is 48.7 Å². The van der Waals surface area contributed by atoms with E-state index in [-0.39, 0.29) is 32.3 Å². The molecule has 0 aromatic heterocycles. The van der Waals surface area contributed by atoms with Crippen molar-refractivity contribution in [3.8, 4) is 0 Å². The van der Waals surface area contributed by atoms with Crippen LogP contribution in [0.1, 0.15) is 33.3 Å². The molecule has 0 unspecified atom stereocenters. The second kappa shape index (κ2) is 9.96. The van der Waals surface area contributed by atoms with Crippen molar-refractivity contribution in [2.24, 2.45) is 5.41 Å². The molecule has 0 heterocycles. The standard InChI is InChI=1S/C11H13N.C2H4O2.CH3.Ru/c1-11(2,3)10(12)9-7-5-4-6-8-9;1-2(3)4;;/h4-7H,1-3H3;1H3,(H,3,4);1H3;/q-2;;-1;+3. The summed E-state index contributed by atoms with van der Waals surface area (Å²) in [6, 6.07) is 10.4. The van der Waals surface area contributed by atoms with E-state index in [0.29, 0.717) is 5.71 Å². The van der Waals surface area contributed by atoms with Gasteiger partial charge >= 0.3 is 19.5 Å². The van der Waals surface area contributed by atoms with E-state index < -0.39 is 5.97 Å². The molecular formula is C14H20NO2Ru. The van der Waals surface area contributed by atoms with Gasteiger partial charge in [0.05, 0.1) is 0 Å². The van der Waals surface area contributed by atoms with Crippen LogP contribution >= 0.6 is 0 Å². The minimum atomic E-state index is -0.833. The first kappa shape index (κ1) is 22.2. The van der Waals surface area contributed by atoms with Crippen LogP contribution in [0.15, 0.2) is 24.3 Å². The van der Waals surface area contributed by atoms with Crippen molar-refractivity contribution in [2.75, 3.05) is 0 Å². The number of carboxylic acids is 1. The predicted molar refractivity (Wildman–Crippen MR) is 71.9 cm³/mol. The number of hydrogen-bond donors (Lipinski definition) is 1. The molecule has 18 heavy (non-hydrogen) atoms. The fourth-order valence-corrected chi connectivity index (χ4v) is 0.945. The van der Waals surface area contributed by atoms with Crippen LogP contribution in [0.5, 0.6) is 0 Å². The third-order valence-electron chi connectivity index (χ3n) is 1.67. The molecule has 1 aromatic carbocycles. The number of nitrogens with zero attached hydrogens (tertiary/aromatic N) is 1. The van der Waals surface area contributed by atoms with Crippen LogP contribution in [-0.2, 0) is 24.3 Å². The van der Waals surface area contributed by atoms with Gasteiger partial charge in [-0.3, -0.25) is 10.5 Å². The van der Waals surface area contributed by atoms with E-state index in [0.717, 1.165) is 12.5 Å². The number of benzene rings is 1. The summed E-state index contributed by atoms with van der Waals surface area (Å²) in [5.74, 6) is -0.833. The predicted octanol–water partition coefficient (Wildman–Crippen LogP) is 3.43. The number of carbonyl (C=O) groups is 1. The summed E-state index contributed by atoms with van der Waals surface area (Å²) in [5.41, 5.74) is 0.978. The molecule has 0 aliphatic heterocycles. The summed E-state index contributed by atoms with van der Waals surface area (Å²) in [5, 5.41) is 17.2. The van der Waals surface area contributed by atoms with Gasteiger partial charge in [0.2, 0.25) is 0 Å². The number of rotatable bonds is 1. The first-order valence-corrected chi connectivity index (χ1v) is 4.98. The van der Waals surface area contributed by atoms with Crippen molar-refractivity contribution in [2.45, 2.75) is 27.7 Å². The van der Waals surface area contributed by atoms with Crippen LogP contribution < -0.4 is 0 Å². The van der Waals surface area contributed by atoms with E-state index in [1.165, 1.54) is 0 Å². The SMILES string of the molecule is CC(=O)O.CC(C)(C)C(=[N-])c1[c-]cccc1.[CH3-].[Ru+3]. The van der Waals surface area contributed by atoms with Gasteiger partial charge in [-0.2, -0.15) is 5.56 Å². The van der Waals surface area contributed by atoms with Gasteiger partial charge in [-0.05, 0) is 0 Å². The number of hydrogen-bond acceptors (Lipinski definition) is 1. The third kappa shape index (κ3) is 10.2. The molecule has 0 fully saturated rings. The minimum Gasteiger partial charge on any atom is -0.858 e. The van der Waals surface area contributed by atoms with Crippen molar-refractivity contribution >= 4 is 11.7 Å². The normalized spacial score (nSPS) is 8.89. The van der Waals surface area contributed by atoms with Crippen molar-refractivity contribution in [1.82, 2.24) is 0 Å². The molecule has 0 saturated heterocycles. The Kier molecular flexibility index (Phi) is 12.3. The Morgan fingerprint density at radius 2 is 1.78 bits per heavy atom. The van der Waals surface area contributed by atoms with Gasteiger partial charge in [0, 0.05) is 6.92 Å². The molecule has 1 N–H and O–H groups in total. The van der Waals surface area contributed by atoms with E-state index in [1.807, 2.05) is 39.0 Å². The Morgan fingerprint density at radius 3 is 2.06 bits per heavy atom. The van der Waals surface area contributed by atoms with Crippen molar-refractivity contribution < 1.29 is 29.4 Å². The Hall–Kier alpha value is -1.02. The van der Waals surface area contributed by atoms with Gasteiger partial charge in [-0.15, -0.1) is 30.3 Å².